The number of fused-ring (bicyclic) bond motifs is 1. The van der Waals surface area contributed by atoms with Crippen LogP contribution in [0.1, 0.15) is 13.8 Å². The van der Waals surface area contributed by atoms with Gasteiger partial charge in [0.05, 0.1) is 5.39 Å². The van der Waals surface area contributed by atoms with Crippen LogP contribution in [0.3, 0.4) is 0 Å². The minimum Gasteiger partial charge on any atom is -0.465 e. The molecule has 0 aliphatic rings. The highest BCUT2D eigenvalue weighted by molar-refractivity contribution is 5.87. The van der Waals surface area contributed by atoms with E-state index in [1.54, 1.807) is 18.2 Å². The number of carbonyl (C=O) groups excluding carboxylic acids is 1. The zero-order valence-corrected chi connectivity index (χ0v) is 15.0. The Morgan fingerprint density at radius 3 is 2.46 bits per heavy atom. The van der Waals surface area contributed by atoms with Gasteiger partial charge in [0, 0.05) is 6.04 Å². The molecule has 0 atom stereocenters. The summed E-state index contributed by atoms with van der Waals surface area (Å²) >= 11 is 0. The number of halogens is 3. The van der Waals surface area contributed by atoms with Crippen LogP contribution in [0.5, 0.6) is 11.6 Å². The van der Waals surface area contributed by atoms with Crippen molar-refractivity contribution in [2.75, 3.05) is 6.61 Å². The number of amides is 1. The molecular weight excluding hydrogens is 377 g/mol. The second-order valence-electron chi connectivity index (χ2n) is 6.28. The normalized spacial score (nSPS) is 11.6. The molecule has 6 nitrogen and oxygen atoms in total. The molecule has 0 unspecified atom stereocenters. The van der Waals surface area contributed by atoms with Crippen LogP contribution in [0, 0.1) is 0 Å². The second-order valence-corrected chi connectivity index (χ2v) is 6.28. The molecule has 0 saturated heterocycles. The number of alkyl halides is 3. The molecule has 2 aromatic carbocycles. The smallest absolute Gasteiger partial charge is 0.465 e. The van der Waals surface area contributed by atoms with Gasteiger partial charge < -0.3 is 19.3 Å². The predicted octanol–water partition coefficient (Wildman–Crippen LogP) is 4.30. The molecule has 3 aromatic rings. The summed E-state index contributed by atoms with van der Waals surface area (Å²) in [5.41, 5.74) is 1.84. The van der Waals surface area contributed by atoms with Crippen molar-refractivity contribution in [3.8, 4) is 22.8 Å². The zero-order valence-electron chi connectivity index (χ0n) is 15.0. The summed E-state index contributed by atoms with van der Waals surface area (Å²) in [6.45, 7) is 3.45. The molecule has 0 bridgehead atoms. The molecule has 0 aliphatic heterocycles. The summed E-state index contributed by atoms with van der Waals surface area (Å²) in [6.07, 6.45) is -4.74. The average molecular weight is 394 g/mol. The van der Waals surface area contributed by atoms with Gasteiger partial charge in [-0.1, -0.05) is 18.2 Å². The Kier molecular flexibility index (Phi) is 5.43. The highest BCUT2D eigenvalue weighted by atomic mass is 19.4. The van der Waals surface area contributed by atoms with Crippen LogP contribution >= 0.6 is 0 Å². The number of rotatable bonds is 6. The van der Waals surface area contributed by atoms with Crippen LogP contribution in [-0.4, -0.2) is 30.1 Å². The maximum absolute atomic E-state index is 12.3. The van der Waals surface area contributed by atoms with Gasteiger partial charge in [-0.25, -0.2) is 0 Å². The molecule has 1 heterocycles. The molecule has 28 heavy (non-hydrogen) atoms. The lowest BCUT2D eigenvalue weighted by molar-refractivity contribution is -0.274. The van der Waals surface area contributed by atoms with Crippen molar-refractivity contribution >= 4 is 16.9 Å². The van der Waals surface area contributed by atoms with Gasteiger partial charge in [0.1, 0.15) is 5.75 Å². The van der Waals surface area contributed by atoms with E-state index in [1.807, 2.05) is 13.8 Å². The number of nitrogens with one attached hydrogen (secondary N) is 1. The Hall–Kier alpha value is -3.23. The first-order valence-electron chi connectivity index (χ1n) is 8.39. The van der Waals surface area contributed by atoms with Crippen LogP contribution in [0.25, 0.3) is 22.1 Å². The van der Waals surface area contributed by atoms with Gasteiger partial charge in [0.25, 0.3) is 11.8 Å². The number of nitrogens with zero attached hydrogens (tertiary/aromatic N) is 1. The lowest BCUT2D eigenvalue weighted by Gasteiger charge is -2.09. The van der Waals surface area contributed by atoms with Gasteiger partial charge in [-0.15, -0.1) is 13.2 Å². The molecule has 1 amide bonds. The van der Waals surface area contributed by atoms with E-state index < -0.39 is 6.36 Å². The molecule has 0 saturated carbocycles. The van der Waals surface area contributed by atoms with E-state index in [9.17, 15) is 18.0 Å². The number of aromatic nitrogens is 1. The van der Waals surface area contributed by atoms with Crippen LogP contribution < -0.4 is 14.8 Å². The second kappa shape index (κ2) is 7.79. The number of benzene rings is 2. The third kappa shape index (κ3) is 4.93. The van der Waals surface area contributed by atoms with Gasteiger partial charge in [-0.3, -0.25) is 4.79 Å². The first-order chi connectivity index (χ1) is 13.2. The van der Waals surface area contributed by atoms with E-state index in [-0.39, 0.29) is 30.2 Å². The maximum atomic E-state index is 12.3. The summed E-state index contributed by atoms with van der Waals surface area (Å²) in [6, 6.07) is 10.6. The van der Waals surface area contributed by atoms with Crippen molar-refractivity contribution in [1.82, 2.24) is 10.5 Å². The lowest BCUT2D eigenvalue weighted by Crippen LogP contribution is -2.34. The SMILES string of the molecule is CC(C)NC(=O)COc1noc2ccc(-c3ccc(OC(F)(F)F)cc3)cc12. The topological polar surface area (TPSA) is 73.6 Å². The molecule has 0 fully saturated rings. The predicted molar refractivity (Wildman–Crippen MR) is 94.9 cm³/mol. The Morgan fingerprint density at radius 2 is 1.82 bits per heavy atom. The molecule has 0 radical (unpaired) electrons. The van der Waals surface area contributed by atoms with Gasteiger partial charge in [-0.05, 0) is 54.4 Å². The number of ether oxygens (including phenoxy) is 2. The van der Waals surface area contributed by atoms with Crippen LogP contribution in [-0.2, 0) is 4.79 Å². The molecule has 9 heteroatoms. The molecular formula is C19H17F3N2O4. The third-order valence-electron chi connectivity index (χ3n) is 3.65. The fourth-order valence-electron chi connectivity index (χ4n) is 2.55. The first-order valence-corrected chi connectivity index (χ1v) is 8.39. The minimum absolute atomic E-state index is 0.0129. The maximum Gasteiger partial charge on any atom is 0.573 e. The number of hydrogen-bond acceptors (Lipinski definition) is 5. The van der Waals surface area contributed by atoms with Crippen molar-refractivity contribution in [3.63, 3.8) is 0 Å². The Bertz CT molecular complexity index is 965. The number of hydrogen-bond donors (Lipinski definition) is 1. The Balaban J connectivity index is 1.79. The van der Waals surface area contributed by atoms with Crippen molar-refractivity contribution in [1.29, 1.82) is 0 Å². The zero-order chi connectivity index (χ0) is 20.3. The fourth-order valence-corrected chi connectivity index (χ4v) is 2.55. The molecule has 0 aliphatic carbocycles. The standard InChI is InChI=1S/C19H17F3N2O4/c1-11(2)23-17(25)10-26-18-15-9-13(5-8-16(15)28-24-18)12-3-6-14(7-4-12)27-19(20,21)22/h3-9,11H,10H2,1-2H3,(H,23,25). The van der Waals surface area contributed by atoms with Crippen molar-refractivity contribution in [2.24, 2.45) is 0 Å². The summed E-state index contributed by atoms with van der Waals surface area (Å²) in [4.78, 5) is 11.7. The fraction of sp³-hybridized carbons (Fsp3) is 0.263. The van der Waals surface area contributed by atoms with E-state index in [0.717, 1.165) is 0 Å². The van der Waals surface area contributed by atoms with Gasteiger partial charge >= 0.3 is 6.36 Å². The van der Waals surface area contributed by atoms with E-state index in [0.29, 0.717) is 22.1 Å². The minimum atomic E-state index is -4.74. The van der Waals surface area contributed by atoms with Crippen molar-refractivity contribution < 1.29 is 32.0 Å². The number of carbonyl (C=O) groups is 1. The molecule has 148 valence electrons. The summed E-state index contributed by atoms with van der Waals surface area (Å²) in [5.74, 6) is -0.433. The van der Waals surface area contributed by atoms with E-state index in [1.165, 1.54) is 24.3 Å². The van der Waals surface area contributed by atoms with E-state index in [4.69, 9.17) is 9.26 Å². The van der Waals surface area contributed by atoms with Crippen LogP contribution in [0.4, 0.5) is 13.2 Å². The van der Waals surface area contributed by atoms with E-state index in [2.05, 4.69) is 15.2 Å². The first kappa shape index (κ1) is 19.5. The van der Waals surface area contributed by atoms with Crippen LogP contribution in [0.15, 0.2) is 47.0 Å². The lowest BCUT2D eigenvalue weighted by atomic mass is 10.0. The van der Waals surface area contributed by atoms with Crippen molar-refractivity contribution in [3.05, 3.63) is 42.5 Å². The van der Waals surface area contributed by atoms with Crippen LogP contribution in [0.2, 0.25) is 0 Å². The Labute approximate surface area is 158 Å². The Morgan fingerprint density at radius 1 is 1.14 bits per heavy atom. The molecule has 1 aromatic heterocycles. The molecule has 3 rings (SSSR count). The summed E-state index contributed by atoms with van der Waals surface area (Å²) in [5, 5.41) is 7.06. The third-order valence-corrected chi connectivity index (χ3v) is 3.65. The van der Waals surface area contributed by atoms with Crippen molar-refractivity contribution in [2.45, 2.75) is 26.3 Å². The summed E-state index contributed by atoms with van der Waals surface area (Å²) < 4.78 is 51.3. The highest BCUT2D eigenvalue weighted by Gasteiger charge is 2.31. The van der Waals surface area contributed by atoms with Gasteiger partial charge in [0.2, 0.25) is 0 Å². The van der Waals surface area contributed by atoms with E-state index >= 15 is 0 Å². The highest BCUT2D eigenvalue weighted by Crippen LogP contribution is 2.31. The quantitative estimate of drug-likeness (QED) is 0.675. The largest absolute Gasteiger partial charge is 0.573 e. The van der Waals surface area contributed by atoms with Gasteiger partial charge in [-0.2, -0.15) is 0 Å². The molecule has 0 spiro atoms. The molecule has 1 N–H and O–H groups in total. The summed E-state index contributed by atoms with van der Waals surface area (Å²) in [7, 11) is 0. The monoisotopic (exact) mass is 394 g/mol. The average Bonchev–Trinajstić information content (AvgIpc) is 3.01. The van der Waals surface area contributed by atoms with Gasteiger partial charge in [0.15, 0.2) is 12.2 Å².